The van der Waals surface area contributed by atoms with E-state index in [9.17, 15) is 4.79 Å². The lowest BCUT2D eigenvalue weighted by Crippen LogP contribution is -2.36. The van der Waals surface area contributed by atoms with E-state index in [1.165, 1.54) is 32.4 Å². The maximum absolute atomic E-state index is 11.1. The van der Waals surface area contributed by atoms with E-state index >= 15 is 0 Å². The van der Waals surface area contributed by atoms with Gasteiger partial charge >= 0.3 is 5.97 Å². The van der Waals surface area contributed by atoms with Crippen LogP contribution < -0.4 is 0 Å². The van der Waals surface area contributed by atoms with Crippen molar-refractivity contribution in [1.29, 1.82) is 0 Å². The zero-order valence-corrected chi connectivity index (χ0v) is 11.7. The Morgan fingerprint density at radius 3 is 2.56 bits per heavy atom. The first-order chi connectivity index (χ1) is 8.49. The average molecular weight is 254 g/mol. The second-order valence-electron chi connectivity index (χ2n) is 6.43. The minimum Gasteiger partial charge on any atom is -0.481 e. The van der Waals surface area contributed by atoms with Crippen molar-refractivity contribution >= 4 is 5.97 Å². The third-order valence-electron chi connectivity index (χ3n) is 4.54. The molecule has 0 radical (unpaired) electrons. The Morgan fingerprint density at radius 2 is 1.94 bits per heavy atom. The molecule has 2 fully saturated rings. The van der Waals surface area contributed by atoms with Gasteiger partial charge in [0.1, 0.15) is 0 Å². The summed E-state index contributed by atoms with van der Waals surface area (Å²) in [5.41, 5.74) is -0.592. The first-order valence-corrected chi connectivity index (χ1v) is 7.19. The summed E-state index contributed by atoms with van der Waals surface area (Å²) in [4.78, 5) is 16.1. The van der Waals surface area contributed by atoms with Gasteiger partial charge < -0.3 is 10.0 Å². The lowest BCUT2D eigenvalue weighted by Gasteiger charge is -2.25. The maximum Gasteiger partial charge on any atom is 0.309 e. The van der Waals surface area contributed by atoms with Gasteiger partial charge in [0.05, 0.1) is 5.41 Å². The van der Waals surface area contributed by atoms with Gasteiger partial charge in [-0.15, -0.1) is 0 Å². The predicted molar refractivity (Wildman–Crippen MR) is 71.7 cm³/mol. The van der Waals surface area contributed by atoms with Crippen molar-refractivity contribution in [3.8, 4) is 0 Å². The highest BCUT2D eigenvalue weighted by atomic mass is 16.4. The van der Waals surface area contributed by atoms with Gasteiger partial charge in [0.25, 0.3) is 0 Å². The van der Waals surface area contributed by atoms with E-state index < -0.39 is 11.4 Å². The van der Waals surface area contributed by atoms with E-state index in [1.807, 2.05) is 13.8 Å². The molecule has 2 heterocycles. The van der Waals surface area contributed by atoms with Gasteiger partial charge in [-0.3, -0.25) is 9.69 Å². The fourth-order valence-electron chi connectivity index (χ4n) is 2.96. The van der Waals surface area contributed by atoms with E-state index in [2.05, 4.69) is 9.80 Å². The normalized spacial score (nSPS) is 26.9. The highest BCUT2D eigenvalue weighted by Gasteiger charge is 2.32. The number of carbonyl (C=O) groups is 1. The summed E-state index contributed by atoms with van der Waals surface area (Å²) in [7, 11) is 0. The van der Waals surface area contributed by atoms with Gasteiger partial charge in [0.2, 0.25) is 0 Å². The molecule has 2 aliphatic heterocycles. The summed E-state index contributed by atoms with van der Waals surface area (Å²) in [5, 5.41) is 9.11. The third-order valence-corrected chi connectivity index (χ3v) is 4.54. The number of aliphatic carboxylic acids is 1. The van der Waals surface area contributed by atoms with Crippen molar-refractivity contribution in [1.82, 2.24) is 9.80 Å². The molecule has 4 heteroatoms. The molecular formula is C14H26N2O2. The van der Waals surface area contributed by atoms with Crippen LogP contribution in [0.3, 0.4) is 0 Å². The quantitative estimate of drug-likeness (QED) is 0.810. The summed E-state index contributed by atoms with van der Waals surface area (Å²) in [6, 6.07) is 0.723. The van der Waals surface area contributed by atoms with Crippen LogP contribution in [-0.2, 0) is 4.79 Å². The predicted octanol–water partition coefficient (Wildman–Crippen LogP) is 1.66. The maximum atomic E-state index is 11.1. The number of hydrogen-bond acceptors (Lipinski definition) is 3. The Labute approximate surface area is 110 Å². The van der Waals surface area contributed by atoms with Gasteiger partial charge in [0, 0.05) is 12.6 Å². The molecule has 0 aromatic heterocycles. The lowest BCUT2D eigenvalue weighted by molar-refractivity contribution is -0.147. The first kappa shape index (κ1) is 13.8. The molecule has 1 unspecified atom stereocenters. The van der Waals surface area contributed by atoms with Gasteiger partial charge in [0.15, 0.2) is 0 Å². The Balaban J connectivity index is 1.74. The van der Waals surface area contributed by atoms with Crippen LogP contribution in [0.15, 0.2) is 0 Å². The van der Waals surface area contributed by atoms with Gasteiger partial charge in [-0.1, -0.05) is 0 Å². The number of carboxylic acid groups (broad SMARTS) is 1. The van der Waals surface area contributed by atoms with E-state index in [1.54, 1.807) is 0 Å². The summed E-state index contributed by atoms with van der Waals surface area (Å²) >= 11 is 0. The molecule has 2 rings (SSSR count). The Hall–Kier alpha value is -0.610. The molecule has 1 atom stereocenters. The van der Waals surface area contributed by atoms with Crippen LogP contribution in [0, 0.1) is 5.41 Å². The van der Waals surface area contributed by atoms with E-state index in [4.69, 9.17) is 5.11 Å². The van der Waals surface area contributed by atoms with Crippen LogP contribution in [0.2, 0.25) is 0 Å². The number of carboxylic acids is 1. The summed E-state index contributed by atoms with van der Waals surface area (Å²) in [5.74, 6) is -0.683. The van der Waals surface area contributed by atoms with Crippen LogP contribution in [-0.4, -0.2) is 59.6 Å². The van der Waals surface area contributed by atoms with E-state index in [0.29, 0.717) is 0 Å². The van der Waals surface area contributed by atoms with Gasteiger partial charge in [-0.2, -0.15) is 0 Å². The second kappa shape index (κ2) is 5.57. The van der Waals surface area contributed by atoms with Gasteiger partial charge in [-0.05, 0) is 65.7 Å². The molecular weight excluding hydrogens is 228 g/mol. The number of nitrogens with zero attached hydrogens (tertiary/aromatic N) is 2. The van der Waals surface area contributed by atoms with Crippen LogP contribution in [0.25, 0.3) is 0 Å². The SMILES string of the molecule is CC(C)(CCN1CCC(N2CCCC2)C1)C(=O)O. The van der Waals surface area contributed by atoms with E-state index in [0.717, 1.165) is 32.1 Å². The Bertz CT molecular complexity index is 298. The van der Waals surface area contributed by atoms with Crippen molar-refractivity contribution in [2.45, 2.75) is 45.6 Å². The van der Waals surface area contributed by atoms with Crippen molar-refractivity contribution in [3.63, 3.8) is 0 Å². The minimum atomic E-state index is -0.683. The lowest BCUT2D eigenvalue weighted by atomic mass is 9.89. The molecule has 0 amide bonds. The molecule has 1 N–H and O–H groups in total. The zero-order chi connectivity index (χ0) is 13.2. The molecule has 4 nitrogen and oxygen atoms in total. The first-order valence-electron chi connectivity index (χ1n) is 7.19. The summed E-state index contributed by atoms with van der Waals surface area (Å²) in [6.07, 6.45) is 4.70. The van der Waals surface area contributed by atoms with Crippen molar-refractivity contribution < 1.29 is 9.90 Å². The summed E-state index contributed by atoms with van der Waals surface area (Å²) in [6.45, 7) is 9.36. The number of rotatable bonds is 5. The zero-order valence-electron chi connectivity index (χ0n) is 11.7. The molecule has 0 saturated carbocycles. The highest BCUT2D eigenvalue weighted by molar-refractivity contribution is 5.73. The molecule has 104 valence electrons. The topological polar surface area (TPSA) is 43.8 Å². The van der Waals surface area contributed by atoms with Crippen molar-refractivity contribution in [3.05, 3.63) is 0 Å². The largest absolute Gasteiger partial charge is 0.481 e. The van der Waals surface area contributed by atoms with Crippen LogP contribution in [0.5, 0.6) is 0 Å². The molecule has 2 saturated heterocycles. The summed E-state index contributed by atoms with van der Waals surface area (Å²) < 4.78 is 0. The Morgan fingerprint density at radius 1 is 1.28 bits per heavy atom. The fraction of sp³-hybridized carbons (Fsp3) is 0.929. The number of likely N-dealkylation sites (tertiary alicyclic amines) is 2. The minimum absolute atomic E-state index is 0.592. The van der Waals surface area contributed by atoms with Gasteiger partial charge in [-0.25, -0.2) is 0 Å². The van der Waals surface area contributed by atoms with Crippen LogP contribution in [0.1, 0.15) is 39.5 Å². The standard InChI is InChI=1S/C14H26N2O2/c1-14(2,13(17)18)6-10-15-9-5-12(11-15)16-7-3-4-8-16/h12H,3-11H2,1-2H3,(H,17,18). The molecule has 0 aromatic carbocycles. The third kappa shape index (κ3) is 3.23. The van der Waals surface area contributed by atoms with Crippen LogP contribution in [0.4, 0.5) is 0 Å². The van der Waals surface area contributed by atoms with E-state index in [-0.39, 0.29) is 0 Å². The molecule has 0 aliphatic carbocycles. The molecule has 0 spiro atoms. The highest BCUT2D eigenvalue weighted by Crippen LogP contribution is 2.24. The monoisotopic (exact) mass is 254 g/mol. The van der Waals surface area contributed by atoms with Crippen LogP contribution >= 0.6 is 0 Å². The molecule has 2 aliphatic rings. The van der Waals surface area contributed by atoms with Crippen molar-refractivity contribution in [2.24, 2.45) is 5.41 Å². The number of hydrogen-bond donors (Lipinski definition) is 1. The molecule has 0 aromatic rings. The average Bonchev–Trinajstić information content (AvgIpc) is 2.97. The molecule has 18 heavy (non-hydrogen) atoms. The Kier molecular flexibility index (Phi) is 4.28. The van der Waals surface area contributed by atoms with Crippen molar-refractivity contribution in [2.75, 3.05) is 32.7 Å². The fourth-order valence-corrected chi connectivity index (χ4v) is 2.96. The molecule has 0 bridgehead atoms. The second-order valence-corrected chi connectivity index (χ2v) is 6.43. The smallest absolute Gasteiger partial charge is 0.309 e.